The van der Waals surface area contributed by atoms with Crippen molar-refractivity contribution >= 4 is 23.1 Å². The molecule has 1 unspecified atom stereocenters. The lowest BCUT2D eigenvalue weighted by atomic mass is 9.95. The normalized spacial score (nSPS) is 17.4. The van der Waals surface area contributed by atoms with Crippen LogP contribution in [0.1, 0.15) is 56.3 Å². The van der Waals surface area contributed by atoms with Crippen LogP contribution in [0.4, 0.5) is 5.69 Å². The van der Waals surface area contributed by atoms with E-state index in [9.17, 15) is 14.7 Å². The van der Waals surface area contributed by atoms with Gasteiger partial charge in [0.1, 0.15) is 11.5 Å². The van der Waals surface area contributed by atoms with Gasteiger partial charge in [0.15, 0.2) is 0 Å². The summed E-state index contributed by atoms with van der Waals surface area (Å²) >= 11 is 0. The van der Waals surface area contributed by atoms with E-state index in [4.69, 9.17) is 4.74 Å². The maximum atomic E-state index is 13.3. The molecular formula is C29H30N2O4. The molecule has 0 bridgehead atoms. The number of hydrogen-bond donors (Lipinski definition) is 1. The molecule has 1 aliphatic heterocycles. The summed E-state index contributed by atoms with van der Waals surface area (Å²) in [7, 11) is 0. The van der Waals surface area contributed by atoms with Gasteiger partial charge in [-0.25, -0.2) is 0 Å². The van der Waals surface area contributed by atoms with E-state index in [1.54, 1.807) is 48.8 Å². The molecule has 0 radical (unpaired) electrons. The number of carbonyl (C=O) groups is 2. The van der Waals surface area contributed by atoms with Gasteiger partial charge in [0, 0.05) is 23.6 Å². The summed E-state index contributed by atoms with van der Waals surface area (Å²) in [6, 6.07) is 17.2. The maximum Gasteiger partial charge on any atom is 0.300 e. The molecule has 4 rings (SSSR count). The molecule has 1 amide bonds. The number of benzene rings is 2. The van der Waals surface area contributed by atoms with Crippen LogP contribution in [-0.2, 0) is 9.59 Å². The number of carbonyl (C=O) groups excluding carboxylic acids is 2. The molecule has 1 aliphatic rings. The minimum Gasteiger partial charge on any atom is -0.507 e. The molecule has 6 heteroatoms. The summed E-state index contributed by atoms with van der Waals surface area (Å²) in [6.45, 7) is 8.90. The highest BCUT2D eigenvalue weighted by Crippen LogP contribution is 2.42. The first kappa shape index (κ1) is 24.2. The molecule has 180 valence electrons. The summed E-state index contributed by atoms with van der Waals surface area (Å²) in [5, 5.41) is 11.3. The lowest BCUT2D eigenvalue weighted by Gasteiger charge is -2.25. The molecule has 0 spiro atoms. The SMILES string of the molecule is CC(C)COc1ccc(/C(O)=C2\C(=O)C(=O)N(c3ccc(C(C)C)cc3)C2c2ccncc2)cc1. The van der Waals surface area contributed by atoms with Gasteiger partial charge in [-0.2, -0.15) is 0 Å². The third kappa shape index (κ3) is 4.97. The molecule has 35 heavy (non-hydrogen) atoms. The highest BCUT2D eigenvalue weighted by molar-refractivity contribution is 6.51. The van der Waals surface area contributed by atoms with Crippen molar-refractivity contribution in [3.05, 3.63) is 95.3 Å². The Hall–Kier alpha value is -3.93. The third-order valence-corrected chi connectivity index (χ3v) is 6.02. The Labute approximate surface area is 205 Å². The van der Waals surface area contributed by atoms with Gasteiger partial charge in [-0.3, -0.25) is 19.5 Å². The summed E-state index contributed by atoms with van der Waals surface area (Å²) < 4.78 is 5.72. The second-order valence-corrected chi connectivity index (χ2v) is 9.43. The molecule has 0 saturated carbocycles. The Morgan fingerprint density at radius 3 is 2.14 bits per heavy atom. The van der Waals surface area contributed by atoms with Crippen LogP contribution in [0.2, 0.25) is 0 Å². The summed E-state index contributed by atoms with van der Waals surface area (Å²) in [5.41, 5.74) is 2.89. The smallest absolute Gasteiger partial charge is 0.300 e. The third-order valence-electron chi connectivity index (χ3n) is 6.02. The average molecular weight is 471 g/mol. The zero-order valence-electron chi connectivity index (χ0n) is 20.4. The first-order valence-electron chi connectivity index (χ1n) is 11.8. The van der Waals surface area contributed by atoms with Crippen molar-refractivity contribution in [1.29, 1.82) is 0 Å². The fourth-order valence-corrected chi connectivity index (χ4v) is 4.11. The second-order valence-electron chi connectivity index (χ2n) is 9.43. The number of Topliss-reactive ketones (excluding diaryl/α,β-unsaturated/α-hetero) is 1. The predicted molar refractivity (Wildman–Crippen MR) is 136 cm³/mol. The Bertz CT molecular complexity index is 1230. The van der Waals surface area contributed by atoms with E-state index in [1.807, 2.05) is 24.3 Å². The quantitative estimate of drug-likeness (QED) is 0.266. The molecule has 1 atom stereocenters. The molecule has 0 aliphatic carbocycles. The first-order valence-corrected chi connectivity index (χ1v) is 11.8. The summed E-state index contributed by atoms with van der Waals surface area (Å²) in [4.78, 5) is 32.0. The molecule has 1 fully saturated rings. The van der Waals surface area contributed by atoms with Gasteiger partial charge in [-0.1, -0.05) is 39.8 Å². The van der Waals surface area contributed by atoms with Crippen molar-refractivity contribution in [2.75, 3.05) is 11.5 Å². The zero-order chi connectivity index (χ0) is 25.1. The fourth-order valence-electron chi connectivity index (χ4n) is 4.11. The minimum absolute atomic E-state index is 0.0463. The molecule has 3 aromatic rings. The van der Waals surface area contributed by atoms with Gasteiger partial charge >= 0.3 is 0 Å². The van der Waals surface area contributed by atoms with E-state index in [2.05, 4.69) is 32.7 Å². The molecule has 1 aromatic heterocycles. The molecule has 2 heterocycles. The highest BCUT2D eigenvalue weighted by Gasteiger charge is 2.46. The van der Waals surface area contributed by atoms with Crippen LogP contribution in [0, 0.1) is 5.92 Å². The molecule has 6 nitrogen and oxygen atoms in total. The molecule has 1 saturated heterocycles. The van der Waals surface area contributed by atoms with Gasteiger partial charge in [0.25, 0.3) is 11.7 Å². The van der Waals surface area contributed by atoms with Crippen LogP contribution >= 0.6 is 0 Å². The van der Waals surface area contributed by atoms with Gasteiger partial charge < -0.3 is 9.84 Å². The van der Waals surface area contributed by atoms with E-state index in [0.717, 1.165) is 5.56 Å². The number of pyridine rings is 1. The Morgan fingerprint density at radius 2 is 1.57 bits per heavy atom. The zero-order valence-corrected chi connectivity index (χ0v) is 20.4. The van der Waals surface area contributed by atoms with Gasteiger partial charge in [-0.05, 0) is 71.5 Å². The molecular weight excluding hydrogens is 440 g/mol. The number of rotatable bonds is 7. The number of aromatic nitrogens is 1. The second kappa shape index (κ2) is 10.1. The van der Waals surface area contributed by atoms with Gasteiger partial charge in [0.05, 0.1) is 18.2 Å². The molecule has 1 N–H and O–H groups in total. The topological polar surface area (TPSA) is 79.7 Å². The van der Waals surface area contributed by atoms with Crippen molar-refractivity contribution in [2.45, 2.75) is 39.7 Å². The summed E-state index contributed by atoms with van der Waals surface area (Å²) in [6.07, 6.45) is 3.22. The Balaban J connectivity index is 1.78. The van der Waals surface area contributed by atoms with Crippen molar-refractivity contribution in [3.8, 4) is 5.75 Å². The minimum atomic E-state index is -0.778. The first-order chi connectivity index (χ1) is 16.8. The van der Waals surface area contributed by atoms with E-state index in [1.165, 1.54) is 4.90 Å². The van der Waals surface area contributed by atoms with Crippen LogP contribution in [-0.4, -0.2) is 28.4 Å². The van der Waals surface area contributed by atoms with E-state index < -0.39 is 17.7 Å². The van der Waals surface area contributed by atoms with E-state index in [-0.39, 0.29) is 11.3 Å². The van der Waals surface area contributed by atoms with Crippen molar-refractivity contribution < 1.29 is 19.4 Å². The van der Waals surface area contributed by atoms with Crippen molar-refractivity contribution in [1.82, 2.24) is 4.98 Å². The van der Waals surface area contributed by atoms with Crippen LogP contribution in [0.3, 0.4) is 0 Å². The van der Waals surface area contributed by atoms with Gasteiger partial charge in [0.2, 0.25) is 0 Å². The number of ketones is 1. The standard InChI is InChI=1S/C29H30N2O4/c1-18(2)17-35-24-11-7-22(8-12-24)27(32)25-26(21-13-15-30-16-14-21)31(29(34)28(25)33)23-9-5-20(6-10-23)19(3)4/h5-16,18-19,26,32H,17H2,1-4H3/b27-25+. The Morgan fingerprint density at radius 1 is 0.943 bits per heavy atom. The number of anilines is 1. The van der Waals surface area contributed by atoms with E-state index >= 15 is 0 Å². The van der Waals surface area contributed by atoms with E-state index in [0.29, 0.717) is 41.0 Å². The Kier molecular flexibility index (Phi) is 7.01. The van der Waals surface area contributed by atoms with Crippen LogP contribution < -0.4 is 9.64 Å². The maximum absolute atomic E-state index is 13.3. The number of aliphatic hydroxyl groups is 1. The average Bonchev–Trinajstić information content (AvgIpc) is 3.13. The van der Waals surface area contributed by atoms with Crippen LogP contribution in [0.15, 0.2) is 78.6 Å². The number of ether oxygens (including phenoxy) is 1. The van der Waals surface area contributed by atoms with Crippen molar-refractivity contribution in [3.63, 3.8) is 0 Å². The lowest BCUT2D eigenvalue weighted by Crippen LogP contribution is -2.29. The largest absolute Gasteiger partial charge is 0.507 e. The van der Waals surface area contributed by atoms with Gasteiger partial charge in [-0.15, -0.1) is 0 Å². The number of nitrogens with zero attached hydrogens (tertiary/aromatic N) is 2. The summed E-state index contributed by atoms with van der Waals surface area (Å²) in [5.74, 6) is -0.231. The number of aliphatic hydroxyl groups excluding tert-OH is 1. The monoisotopic (exact) mass is 470 g/mol. The van der Waals surface area contributed by atoms with Crippen LogP contribution in [0.5, 0.6) is 5.75 Å². The highest BCUT2D eigenvalue weighted by atomic mass is 16.5. The lowest BCUT2D eigenvalue weighted by molar-refractivity contribution is -0.132. The number of hydrogen-bond acceptors (Lipinski definition) is 5. The predicted octanol–water partition coefficient (Wildman–Crippen LogP) is 5.87. The molecule has 2 aromatic carbocycles. The number of amides is 1. The fraction of sp³-hybridized carbons (Fsp3) is 0.276. The van der Waals surface area contributed by atoms with Crippen LogP contribution in [0.25, 0.3) is 5.76 Å². The van der Waals surface area contributed by atoms with Crippen molar-refractivity contribution in [2.24, 2.45) is 5.92 Å².